The summed E-state index contributed by atoms with van der Waals surface area (Å²) >= 11 is 1.86. The van der Waals surface area contributed by atoms with Gasteiger partial charge in [-0.3, -0.25) is 0 Å². The predicted octanol–water partition coefficient (Wildman–Crippen LogP) is 2.59. The van der Waals surface area contributed by atoms with E-state index in [1.807, 2.05) is 11.3 Å². The summed E-state index contributed by atoms with van der Waals surface area (Å²) in [6.45, 7) is 1.20. The minimum atomic E-state index is 0. The molecule has 2 rings (SSSR count). The lowest BCUT2D eigenvalue weighted by Crippen LogP contribution is -2.11. The van der Waals surface area contributed by atoms with Gasteiger partial charge in [-0.1, -0.05) is 6.07 Å². The molecule has 0 aromatic carbocycles. The number of halogens is 1. The van der Waals surface area contributed by atoms with Crippen molar-refractivity contribution in [2.45, 2.75) is 18.9 Å². The topological polar surface area (TPSA) is 12.0 Å². The van der Waals surface area contributed by atoms with Crippen molar-refractivity contribution in [3.63, 3.8) is 0 Å². The molecule has 1 fully saturated rings. The number of hydrogen-bond donors (Lipinski definition) is 1. The summed E-state index contributed by atoms with van der Waals surface area (Å²) in [7, 11) is 0. The second kappa shape index (κ2) is 4.10. The van der Waals surface area contributed by atoms with Crippen molar-refractivity contribution in [3.05, 3.63) is 22.4 Å². The lowest BCUT2D eigenvalue weighted by atomic mass is 10.2. The molecule has 1 N–H and O–H groups in total. The maximum atomic E-state index is 3.47. The highest BCUT2D eigenvalue weighted by molar-refractivity contribution is 7.10. The van der Waals surface area contributed by atoms with Crippen LogP contribution in [0.3, 0.4) is 0 Å². The Morgan fingerprint density at radius 3 is 3.00 bits per heavy atom. The molecule has 0 radical (unpaired) electrons. The lowest BCUT2D eigenvalue weighted by Gasteiger charge is -2.04. The minimum Gasteiger partial charge on any atom is -0.309 e. The fourth-order valence-corrected chi connectivity index (χ4v) is 2.25. The molecule has 0 aliphatic carbocycles. The summed E-state index contributed by atoms with van der Waals surface area (Å²) < 4.78 is 0. The van der Waals surface area contributed by atoms with Crippen LogP contribution in [0.1, 0.15) is 23.8 Å². The van der Waals surface area contributed by atoms with Crippen molar-refractivity contribution in [3.8, 4) is 0 Å². The Balaban J connectivity index is 0.000000605. The molecule has 1 nitrogen and oxygen atoms in total. The average molecular weight is 190 g/mol. The van der Waals surface area contributed by atoms with E-state index in [9.17, 15) is 0 Å². The van der Waals surface area contributed by atoms with Crippen molar-refractivity contribution >= 4 is 23.7 Å². The fourth-order valence-electron chi connectivity index (χ4n) is 1.42. The van der Waals surface area contributed by atoms with E-state index >= 15 is 0 Å². The van der Waals surface area contributed by atoms with Gasteiger partial charge in [-0.2, -0.15) is 0 Å². The van der Waals surface area contributed by atoms with E-state index in [2.05, 4.69) is 22.8 Å². The molecule has 1 aromatic rings. The van der Waals surface area contributed by atoms with Gasteiger partial charge >= 0.3 is 0 Å². The molecule has 11 heavy (non-hydrogen) atoms. The van der Waals surface area contributed by atoms with E-state index in [-0.39, 0.29) is 12.4 Å². The largest absolute Gasteiger partial charge is 0.309 e. The second-order valence-electron chi connectivity index (χ2n) is 2.66. The van der Waals surface area contributed by atoms with E-state index in [4.69, 9.17) is 0 Å². The van der Waals surface area contributed by atoms with Gasteiger partial charge in [-0.25, -0.2) is 0 Å². The van der Waals surface area contributed by atoms with Gasteiger partial charge in [0.05, 0.1) is 0 Å². The monoisotopic (exact) mass is 189 g/mol. The van der Waals surface area contributed by atoms with Gasteiger partial charge < -0.3 is 5.32 Å². The molecule has 0 amide bonds. The summed E-state index contributed by atoms with van der Waals surface area (Å²) in [6, 6.07) is 5.01. The van der Waals surface area contributed by atoms with Gasteiger partial charge in [0.25, 0.3) is 0 Å². The lowest BCUT2D eigenvalue weighted by molar-refractivity contribution is 0.660. The zero-order valence-corrected chi connectivity index (χ0v) is 7.88. The summed E-state index contributed by atoms with van der Waals surface area (Å²) in [5, 5.41) is 5.62. The SMILES string of the molecule is Cl.c1csc([C@@H]2CCCN2)c1. The van der Waals surface area contributed by atoms with Crippen LogP contribution in [0.5, 0.6) is 0 Å². The summed E-state index contributed by atoms with van der Waals surface area (Å²) in [5.41, 5.74) is 0. The van der Waals surface area contributed by atoms with Crippen LogP contribution in [0.15, 0.2) is 17.5 Å². The van der Waals surface area contributed by atoms with Crippen molar-refractivity contribution in [1.82, 2.24) is 5.32 Å². The highest BCUT2D eigenvalue weighted by Gasteiger charge is 2.15. The van der Waals surface area contributed by atoms with Crippen molar-refractivity contribution in [2.24, 2.45) is 0 Å². The predicted molar refractivity (Wildman–Crippen MR) is 51.5 cm³/mol. The molecule has 1 aliphatic rings. The first-order valence-corrected chi connectivity index (χ1v) is 4.61. The number of thiophene rings is 1. The van der Waals surface area contributed by atoms with Crippen LogP contribution < -0.4 is 5.32 Å². The van der Waals surface area contributed by atoms with E-state index in [1.54, 1.807) is 0 Å². The maximum absolute atomic E-state index is 3.47. The highest BCUT2D eigenvalue weighted by atomic mass is 35.5. The van der Waals surface area contributed by atoms with Crippen molar-refractivity contribution in [2.75, 3.05) is 6.54 Å². The third-order valence-electron chi connectivity index (χ3n) is 1.95. The van der Waals surface area contributed by atoms with Crippen LogP contribution in [0.4, 0.5) is 0 Å². The molecular weight excluding hydrogens is 178 g/mol. The normalized spacial score (nSPS) is 23.1. The van der Waals surface area contributed by atoms with E-state index in [0.29, 0.717) is 6.04 Å². The van der Waals surface area contributed by atoms with E-state index in [0.717, 1.165) is 0 Å². The molecular formula is C8H12ClNS. The Morgan fingerprint density at radius 2 is 2.45 bits per heavy atom. The molecule has 1 aromatic heterocycles. The first-order chi connectivity index (χ1) is 4.97. The van der Waals surface area contributed by atoms with Crippen molar-refractivity contribution < 1.29 is 0 Å². The van der Waals surface area contributed by atoms with Crippen LogP contribution in [0.25, 0.3) is 0 Å². The Labute approximate surface area is 77.2 Å². The zero-order chi connectivity index (χ0) is 6.81. The van der Waals surface area contributed by atoms with Crippen LogP contribution in [0, 0.1) is 0 Å². The Hall–Kier alpha value is -0.0500. The summed E-state index contributed by atoms with van der Waals surface area (Å²) in [4.78, 5) is 1.50. The Kier molecular flexibility index (Phi) is 3.37. The van der Waals surface area contributed by atoms with Gasteiger partial charge in [0.1, 0.15) is 0 Å². The third-order valence-corrected chi connectivity index (χ3v) is 2.93. The first kappa shape index (κ1) is 9.04. The molecule has 0 saturated carbocycles. The molecule has 0 unspecified atom stereocenters. The molecule has 2 heterocycles. The number of hydrogen-bond acceptors (Lipinski definition) is 2. The summed E-state index contributed by atoms with van der Waals surface area (Å²) in [5.74, 6) is 0. The van der Waals surface area contributed by atoms with Gasteiger partial charge in [0.15, 0.2) is 0 Å². The molecule has 1 atom stereocenters. The molecule has 1 saturated heterocycles. The Morgan fingerprint density at radius 1 is 1.55 bits per heavy atom. The van der Waals surface area contributed by atoms with Gasteiger partial charge in [0, 0.05) is 10.9 Å². The molecule has 0 bridgehead atoms. The van der Waals surface area contributed by atoms with Gasteiger partial charge in [-0.05, 0) is 30.8 Å². The van der Waals surface area contributed by atoms with Crippen LogP contribution in [-0.4, -0.2) is 6.54 Å². The van der Waals surface area contributed by atoms with Crippen LogP contribution >= 0.6 is 23.7 Å². The third kappa shape index (κ3) is 1.95. The van der Waals surface area contributed by atoms with Crippen LogP contribution in [0.2, 0.25) is 0 Å². The van der Waals surface area contributed by atoms with Gasteiger partial charge in [-0.15, -0.1) is 23.7 Å². The van der Waals surface area contributed by atoms with E-state index in [1.165, 1.54) is 24.3 Å². The summed E-state index contributed by atoms with van der Waals surface area (Å²) in [6.07, 6.45) is 2.66. The van der Waals surface area contributed by atoms with Crippen molar-refractivity contribution in [1.29, 1.82) is 0 Å². The molecule has 62 valence electrons. The number of nitrogens with one attached hydrogen (secondary N) is 1. The average Bonchev–Trinajstić information content (AvgIpc) is 2.59. The fraction of sp³-hybridized carbons (Fsp3) is 0.500. The quantitative estimate of drug-likeness (QED) is 0.716. The standard InChI is InChI=1S/C8H11NS.ClH/c1-3-7(9-5-1)8-4-2-6-10-8;/h2,4,6-7,9H,1,3,5H2;1H/t7-;/m0./s1. The van der Waals surface area contributed by atoms with Gasteiger partial charge in [0.2, 0.25) is 0 Å². The first-order valence-electron chi connectivity index (χ1n) is 3.73. The molecule has 0 spiro atoms. The minimum absolute atomic E-state index is 0. The van der Waals surface area contributed by atoms with E-state index < -0.39 is 0 Å². The number of rotatable bonds is 1. The zero-order valence-electron chi connectivity index (χ0n) is 6.25. The molecule has 1 aliphatic heterocycles. The smallest absolute Gasteiger partial charge is 0.0415 e. The highest BCUT2D eigenvalue weighted by Crippen LogP contribution is 2.26. The van der Waals surface area contributed by atoms with Crippen LogP contribution in [-0.2, 0) is 0 Å². The molecule has 3 heteroatoms. The second-order valence-corrected chi connectivity index (χ2v) is 3.64. The Bertz CT molecular complexity index is 192. The maximum Gasteiger partial charge on any atom is 0.0415 e.